The van der Waals surface area contributed by atoms with E-state index in [-0.39, 0.29) is 0 Å². The number of nitrogens with zero attached hydrogens (tertiary/aromatic N) is 1. The Morgan fingerprint density at radius 3 is 1.05 bits per heavy atom. The molecule has 0 saturated heterocycles. The Balaban J connectivity index is 1.11. The zero-order valence-corrected chi connectivity index (χ0v) is 35.9. The van der Waals surface area contributed by atoms with Gasteiger partial charge in [-0.15, -0.1) is 0 Å². The van der Waals surface area contributed by atoms with E-state index in [1.807, 2.05) is 0 Å². The Morgan fingerprint density at radius 2 is 0.538 bits per heavy atom. The smallest absolute Gasteiger partial charge is 0.0546 e. The highest BCUT2D eigenvalue weighted by atomic mass is 15.1. The second-order valence-electron chi connectivity index (χ2n) is 16.4. The standard InChI is InChI=1S/C64H45N/c1-5-20-46(21-6-1)57-31-15-17-33-59(57)60-34-18-16-32-58(60)52-38-42-54(43-39-52)65(53-40-36-51(37-41-53)56-35-19-29-47-28-13-14-30-55(47)56)64-45-62(49-24-9-3-10-25-49)61(48-22-7-2-8-23-48)44-63(64)50-26-11-4-12-27-50/h1-45H. The summed E-state index contributed by atoms with van der Waals surface area (Å²) in [5.74, 6) is 0. The Labute approximate surface area is 381 Å². The van der Waals surface area contributed by atoms with Crippen molar-refractivity contribution in [1.29, 1.82) is 0 Å². The molecule has 0 radical (unpaired) electrons. The minimum Gasteiger partial charge on any atom is -0.310 e. The monoisotopic (exact) mass is 827 g/mol. The van der Waals surface area contributed by atoms with Gasteiger partial charge in [-0.2, -0.15) is 0 Å². The van der Waals surface area contributed by atoms with Gasteiger partial charge in [0.1, 0.15) is 0 Å². The number of hydrogen-bond donors (Lipinski definition) is 0. The van der Waals surface area contributed by atoms with Crippen LogP contribution in [0, 0.1) is 0 Å². The van der Waals surface area contributed by atoms with Crippen LogP contribution in [-0.4, -0.2) is 0 Å². The molecule has 0 aliphatic rings. The van der Waals surface area contributed by atoms with Crippen LogP contribution >= 0.6 is 0 Å². The predicted octanol–water partition coefficient (Wildman–Crippen LogP) is 18.0. The Kier molecular flexibility index (Phi) is 10.7. The SMILES string of the molecule is c1ccc(-c2cc(-c3ccccc3)c(N(c3ccc(-c4ccccc4-c4ccccc4-c4ccccc4)cc3)c3ccc(-c4cccc5ccccc45)cc3)cc2-c2ccccc2)cc1. The molecule has 1 heteroatoms. The van der Waals surface area contributed by atoms with Gasteiger partial charge in [0.25, 0.3) is 0 Å². The van der Waals surface area contributed by atoms with Crippen LogP contribution in [0.2, 0.25) is 0 Å². The predicted molar refractivity (Wildman–Crippen MR) is 277 cm³/mol. The lowest BCUT2D eigenvalue weighted by atomic mass is 9.88. The van der Waals surface area contributed by atoms with Crippen LogP contribution in [0.3, 0.4) is 0 Å². The van der Waals surface area contributed by atoms with Gasteiger partial charge in [-0.05, 0) is 119 Å². The molecule has 0 unspecified atom stereocenters. The summed E-state index contributed by atoms with van der Waals surface area (Å²) in [6.07, 6.45) is 0. The minimum atomic E-state index is 1.07. The van der Waals surface area contributed by atoms with E-state index < -0.39 is 0 Å². The fourth-order valence-corrected chi connectivity index (χ4v) is 9.38. The molecule has 0 aromatic heterocycles. The third-order valence-corrected chi connectivity index (χ3v) is 12.5. The zero-order chi connectivity index (χ0) is 43.4. The molecule has 0 amide bonds. The molecule has 0 atom stereocenters. The summed E-state index contributed by atoms with van der Waals surface area (Å²) in [4.78, 5) is 2.44. The van der Waals surface area contributed by atoms with Crippen LogP contribution in [-0.2, 0) is 0 Å². The van der Waals surface area contributed by atoms with Gasteiger partial charge in [-0.1, -0.05) is 237 Å². The molecular formula is C64H45N. The van der Waals surface area contributed by atoms with E-state index in [2.05, 4.69) is 278 Å². The van der Waals surface area contributed by atoms with Crippen molar-refractivity contribution in [3.8, 4) is 77.9 Å². The fraction of sp³-hybridized carbons (Fsp3) is 0. The van der Waals surface area contributed by atoms with E-state index in [0.29, 0.717) is 0 Å². The molecule has 0 aliphatic carbocycles. The van der Waals surface area contributed by atoms with Crippen molar-refractivity contribution in [2.75, 3.05) is 4.90 Å². The van der Waals surface area contributed by atoms with Crippen molar-refractivity contribution in [3.63, 3.8) is 0 Å². The normalized spacial score (nSPS) is 11.1. The van der Waals surface area contributed by atoms with Crippen molar-refractivity contribution in [2.24, 2.45) is 0 Å². The van der Waals surface area contributed by atoms with Crippen LogP contribution in [0.1, 0.15) is 0 Å². The Hall–Kier alpha value is -8.52. The lowest BCUT2D eigenvalue weighted by Crippen LogP contribution is -2.12. The maximum absolute atomic E-state index is 2.44. The van der Waals surface area contributed by atoms with E-state index in [9.17, 15) is 0 Å². The number of rotatable bonds is 10. The molecule has 1 nitrogen and oxygen atoms in total. The van der Waals surface area contributed by atoms with E-state index in [0.717, 1.165) is 33.8 Å². The van der Waals surface area contributed by atoms with Crippen molar-refractivity contribution >= 4 is 27.8 Å². The van der Waals surface area contributed by atoms with Crippen molar-refractivity contribution in [2.45, 2.75) is 0 Å². The molecule has 0 heterocycles. The maximum Gasteiger partial charge on any atom is 0.0546 e. The first kappa shape index (κ1) is 39.3. The molecule has 65 heavy (non-hydrogen) atoms. The first-order valence-electron chi connectivity index (χ1n) is 22.3. The Morgan fingerprint density at radius 1 is 0.200 bits per heavy atom. The van der Waals surface area contributed by atoms with Gasteiger partial charge >= 0.3 is 0 Å². The highest BCUT2D eigenvalue weighted by Crippen LogP contribution is 2.48. The molecule has 0 aliphatic heterocycles. The van der Waals surface area contributed by atoms with Gasteiger partial charge in [-0.25, -0.2) is 0 Å². The summed E-state index contributed by atoms with van der Waals surface area (Å²) >= 11 is 0. The van der Waals surface area contributed by atoms with Gasteiger partial charge in [0, 0.05) is 16.9 Å². The Bertz CT molecular complexity index is 3370. The number of hydrogen-bond acceptors (Lipinski definition) is 1. The first-order chi connectivity index (χ1) is 32.3. The second kappa shape index (κ2) is 17.7. The molecule has 11 rings (SSSR count). The molecule has 0 bridgehead atoms. The first-order valence-corrected chi connectivity index (χ1v) is 22.3. The molecule has 11 aromatic carbocycles. The highest BCUT2D eigenvalue weighted by Gasteiger charge is 2.22. The van der Waals surface area contributed by atoms with Gasteiger partial charge in [-0.3, -0.25) is 0 Å². The van der Waals surface area contributed by atoms with Crippen LogP contribution < -0.4 is 4.90 Å². The topological polar surface area (TPSA) is 3.24 Å². The average molecular weight is 828 g/mol. The fourth-order valence-electron chi connectivity index (χ4n) is 9.38. The lowest BCUT2D eigenvalue weighted by molar-refractivity contribution is 1.28. The summed E-state index contributed by atoms with van der Waals surface area (Å²) < 4.78 is 0. The van der Waals surface area contributed by atoms with Crippen LogP contribution in [0.4, 0.5) is 17.1 Å². The molecule has 0 N–H and O–H groups in total. The third kappa shape index (κ3) is 7.82. The molecule has 0 spiro atoms. The average Bonchev–Trinajstić information content (AvgIpc) is 3.40. The third-order valence-electron chi connectivity index (χ3n) is 12.5. The van der Waals surface area contributed by atoms with Crippen LogP contribution in [0.5, 0.6) is 0 Å². The summed E-state index contributed by atoms with van der Waals surface area (Å²) in [6.45, 7) is 0. The number of benzene rings is 11. The van der Waals surface area contributed by atoms with Crippen molar-refractivity contribution in [1.82, 2.24) is 0 Å². The second-order valence-corrected chi connectivity index (χ2v) is 16.4. The lowest BCUT2D eigenvalue weighted by Gasteiger charge is -2.30. The van der Waals surface area contributed by atoms with Crippen molar-refractivity contribution < 1.29 is 0 Å². The molecule has 0 saturated carbocycles. The summed E-state index contributed by atoms with van der Waals surface area (Å²) in [6, 6.07) is 98.9. The number of fused-ring (bicyclic) bond motifs is 1. The van der Waals surface area contributed by atoms with Gasteiger partial charge in [0.05, 0.1) is 5.69 Å². The zero-order valence-electron chi connectivity index (χ0n) is 35.9. The molecule has 306 valence electrons. The van der Waals surface area contributed by atoms with Gasteiger partial charge < -0.3 is 4.90 Å². The van der Waals surface area contributed by atoms with E-state index in [1.165, 1.54) is 72.0 Å². The highest BCUT2D eigenvalue weighted by molar-refractivity contribution is 6.00. The summed E-state index contributed by atoms with van der Waals surface area (Å²) in [7, 11) is 0. The summed E-state index contributed by atoms with van der Waals surface area (Å²) in [5, 5.41) is 2.48. The minimum absolute atomic E-state index is 1.07. The molecule has 0 fully saturated rings. The molecule has 11 aromatic rings. The molecular weight excluding hydrogens is 783 g/mol. The van der Waals surface area contributed by atoms with E-state index in [4.69, 9.17) is 0 Å². The van der Waals surface area contributed by atoms with Gasteiger partial charge in [0.2, 0.25) is 0 Å². The maximum atomic E-state index is 2.44. The van der Waals surface area contributed by atoms with E-state index >= 15 is 0 Å². The number of anilines is 3. The quantitative estimate of drug-likeness (QED) is 0.133. The van der Waals surface area contributed by atoms with Gasteiger partial charge in [0.15, 0.2) is 0 Å². The van der Waals surface area contributed by atoms with E-state index in [1.54, 1.807) is 0 Å². The summed E-state index contributed by atoms with van der Waals surface area (Å²) in [5.41, 5.74) is 19.8. The largest absolute Gasteiger partial charge is 0.310 e. The van der Waals surface area contributed by atoms with Crippen LogP contribution in [0.15, 0.2) is 273 Å². The van der Waals surface area contributed by atoms with Crippen LogP contribution in [0.25, 0.3) is 88.7 Å². The van der Waals surface area contributed by atoms with Crippen molar-refractivity contribution in [3.05, 3.63) is 273 Å².